The van der Waals surface area contributed by atoms with Crippen molar-refractivity contribution in [2.45, 2.75) is 33.2 Å². The van der Waals surface area contributed by atoms with Gasteiger partial charge in [-0.15, -0.1) is 17.0 Å². The monoisotopic (exact) mass is 594 g/mol. The molecule has 0 fully saturated rings. The predicted molar refractivity (Wildman–Crippen MR) is 166 cm³/mol. The van der Waals surface area contributed by atoms with Crippen LogP contribution in [0.2, 0.25) is 0 Å². The summed E-state index contributed by atoms with van der Waals surface area (Å²) in [6.45, 7) is 4.98. The van der Waals surface area contributed by atoms with Gasteiger partial charge in [-0.1, -0.05) is 61.5 Å². The van der Waals surface area contributed by atoms with Gasteiger partial charge >= 0.3 is 5.97 Å². The summed E-state index contributed by atoms with van der Waals surface area (Å²) in [6, 6.07) is 27.9. The second-order valence-corrected chi connectivity index (χ2v) is 10.1. The minimum atomic E-state index is -0.921. The molecule has 1 N–H and O–H groups in total. The molecule has 2 heterocycles. The van der Waals surface area contributed by atoms with Crippen LogP contribution in [0.3, 0.4) is 0 Å². The number of benzene rings is 4. The third-order valence-corrected chi connectivity index (χ3v) is 7.41. The highest BCUT2D eigenvalue weighted by molar-refractivity contribution is 8.93. The van der Waals surface area contributed by atoms with E-state index in [0.717, 1.165) is 74.4 Å². The highest BCUT2D eigenvalue weighted by Gasteiger charge is 2.17. The zero-order valence-corrected chi connectivity index (χ0v) is 24.5. The molecule has 6 rings (SSSR count). The lowest BCUT2D eigenvalue weighted by Gasteiger charge is -2.12. The van der Waals surface area contributed by atoms with E-state index >= 15 is 0 Å². The van der Waals surface area contributed by atoms with Crippen LogP contribution in [0.25, 0.3) is 44.6 Å². The van der Waals surface area contributed by atoms with Crippen molar-refractivity contribution in [3.05, 3.63) is 107 Å². The van der Waals surface area contributed by atoms with Gasteiger partial charge in [0, 0.05) is 25.6 Å². The molecule has 0 saturated carbocycles. The smallest absolute Gasteiger partial charge is 0.336 e. The van der Waals surface area contributed by atoms with Crippen molar-refractivity contribution in [2.24, 2.45) is 7.05 Å². The van der Waals surface area contributed by atoms with E-state index in [4.69, 9.17) is 9.97 Å². The fourth-order valence-corrected chi connectivity index (χ4v) is 5.46. The topological polar surface area (TPSA) is 72.9 Å². The molecule has 0 spiro atoms. The van der Waals surface area contributed by atoms with Crippen LogP contribution in [-0.2, 0) is 20.0 Å². The Balaban J connectivity index is 0.00000323. The second kappa shape index (κ2) is 11.1. The molecule has 0 radical (unpaired) electrons. The molecule has 0 unspecified atom stereocenters. The van der Waals surface area contributed by atoms with E-state index in [1.165, 1.54) is 0 Å². The lowest BCUT2D eigenvalue weighted by atomic mass is 9.98. The van der Waals surface area contributed by atoms with E-state index in [1.807, 2.05) is 42.5 Å². The van der Waals surface area contributed by atoms with E-state index in [1.54, 1.807) is 12.1 Å². The maximum Gasteiger partial charge on any atom is 0.336 e. The summed E-state index contributed by atoms with van der Waals surface area (Å²) >= 11 is 0. The lowest BCUT2D eigenvalue weighted by molar-refractivity contribution is 0.0697. The lowest BCUT2D eigenvalue weighted by Crippen LogP contribution is -2.05. The van der Waals surface area contributed by atoms with Gasteiger partial charge in [0.25, 0.3) is 0 Å². The first kappa shape index (κ1) is 27.3. The first-order chi connectivity index (χ1) is 18.9. The molecule has 0 saturated heterocycles. The molecule has 40 heavy (non-hydrogen) atoms. The highest BCUT2D eigenvalue weighted by Crippen LogP contribution is 2.31. The Morgan fingerprint density at radius 1 is 0.875 bits per heavy atom. The zero-order valence-electron chi connectivity index (χ0n) is 22.8. The number of hydrogen-bond donors (Lipinski definition) is 1. The Morgan fingerprint density at radius 3 is 2.33 bits per heavy atom. The van der Waals surface area contributed by atoms with Crippen molar-refractivity contribution in [3.8, 4) is 22.5 Å². The van der Waals surface area contributed by atoms with Crippen LogP contribution in [0.15, 0.2) is 84.9 Å². The number of carbonyl (C=O) groups is 1. The summed E-state index contributed by atoms with van der Waals surface area (Å²) in [5.74, 6) is 1.08. The minimum absolute atomic E-state index is 0. The van der Waals surface area contributed by atoms with E-state index < -0.39 is 5.97 Å². The van der Waals surface area contributed by atoms with Crippen LogP contribution in [0.5, 0.6) is 0 Å². The number of aryl methyl sites for hydroxylation is 3. The number of rotatable bonds is 7. The highest BCUT2D eigenvalue weighted by atomic mass is 79.9. The van der Waals surface area contributed by atoms with Crippen LogP contribution in [0.4, 0.5) is 0 Å². The summed E-state index contributed by atoms with van der Waals surface area (Å²) in [7, 11) is 2.06. The maximum absolute atomic E-state index is 11.7. The molecular formula is C33H31BrN4O2. The van der Waals surface area contributed by atoms with Gasteiger partial charge in [0.1, 0.15) is 11.6 Å². The van der Waals surface area contributed by atoms with E-state index in [-0.39, 0.29) is 17.0 Å². The Labute approximate surface area is 243 Å². The third kappa shape index (κ3) is 4.82. The molecule has 0 aliphatic rings. The fourth-order valence-electron chi connectivity index (χ4n) is 5.46. The minimum Gasteiger partial charge on any atom is -0.478 e. The molecule has 4 aromatic carbocycles. The molecule has 202 valence electrons. The van der Waals surface area contributed by atoms with E-state index in [9.17, 15) is 9.90 Å². The first-order valence-electron chi connectivity index (χ1n) is 13.3. The Morgan fingerprint density at radius 2 is 1.60 bits per heavy atom. The van der Waals surface area contributed by atoms with Gasteiger partial charge in [-0.25, -0.2) is 14.8 Å². The maximum atomic E-state index is 11.7. The van der Waals surface area contributed by atoms with Crippen LogP contribution >= 0.6 is 17.0 Å². The molecule has 6 nitrogen and oxygen atoms in total. The average molecular weight is 596 g/mol. The van der Waals surface area contributed by atoms with Gasteiger partial charge in [0.05, 0.1) is 27.6 Å². The van der Waals surface area contributed by atoms with Crippen LogP contribution in [0.1, 0.15) is 40.7 Å². The molecule has 7 heteroatoms. The Kier molecular flexibility index (Phi) is 7.59. The number of para-hydroxylation sites is 2. The molecule has 0 bridgehead atoms. The number of halogens is 1. The predicted octanol–water partition coefficient (Wildman–Crippen LogP) is 7.84. The number of aromatic carboxylic acids is 1. The van der Waals surface area contributed by atoms with Crippen LogP contribution in [-0.4, -0.2) is 30.2 Å². The molecular weight excluding hydrogens is 564 g/mol. The largest absolute Gasteiger partial charge is 0.478 e. The summed E-state index contributed by atoms with van der Waals surface area (Å²) in [6.07, 6.45) is 1.89. The van der Waals surface area contributed by atoms with E-state index in [2.05, 4.69) is 60.4 Å². The van der Waals surface area contributed by atoms with Crippen LogP contribution in [0, 0.1) is 6.92 Å². The normalized spacial score (nSPS) is 11.2. The van der Waals surface area contributed by atoms with Gasteiger partial charge in [0.2, 0.25) is 0 Å². The van der Waals surface area contributed by atoms with Crippen molar-refractivity contribution < 1.29 is 9.90 Å². The van der Waals surface area contributed by atoms with Gasteiger partial charge in [-0.05, 0) is 65.9 Å². The number of hydrogen-bond acceptors (Lipinski definition) is 3. The third-order valence-electron chi connectivity index (χ3n) is 7.41. The van der Waals surface area contributed by atoms with Crippen molar-refractivity contribution in [1.82, 2.24) is 19.1 Å². The second-order valence-electron chi connectivity index (χ2n) is 10.1. The first-order valence-corrected chi connectivity index (χ1v) is 13.3. The summed E-state index contributed by atoms with van der Waals surface area (Å²) in [4.78, 5) is 21.7. The van der Waals surface area contributed by atoms with Gasteiger partial charge in [0.15, 0.2) is 0 Å². The van der Waals surface area contributed by atoms with Crippen molar-refractivity contribution >= 4 is 45.0 Å². The van der Waals surface area contributed by atoms with Crippen molar-refractivity contribution in [2.75, 3.05) is 0 Å². The summed E-state index contributed by atoms with van der Waals surface area (Å²) in [5.41, 5.74) is 9.46. The number of aromatic nitrogens is 4. The van der Waals surface area contributed by atoms with E-state index in [0.29, 0.717) is 12.1 Å². The SMILES string of the molecule is Br.CCCc1nc2c(C)cc(-c3nc4ccccc4n3C)cc2n1Cc1ccc(-c2ccccc2C(=O)O)cc1. The zero-order chi connectivity index (χ0) is 27.1. The fraction of sp³-hybridized carbons (Fsp3) is 0.182. The van der Waals surface area contributed by atoms with Crippen LogP contribution < -0.4 is 0 Å². The number of nitrogens with zero attached hydrogens (tertiary/aromatic N) is 4. The molecule has 0 aliphatic heterocycles. The summed E-state index contributed by atoms with van der Waals surface area (Å²) < 4.78 is 4.47. The van der Waals surface area contributed by atoms with Crippen molar-refractivity contribution in [3.63, 3.8) is 0 Å². The molecule has 6 aromatic rings. The molecule has 0 atom stereocenters. The van der Waals surface area contributed by atoms with Crippen molar-refractivity contribution in [1.29, 1.82) is 0 Å². The quantitative estimate of drug-likeness (QED) is 0.204. The average Bonchev–Trinajstić information content (AvgIpc) is 3.47. The van der Waals surface area contributed by atoms with Gasteiger partial charge in [-0.3, -0.25) is 0 Å². The Bertz CT molecular complexity index is 1850. The number of carboxylic acids is 1. The number of fused-ring (bicyclic) bond motifs is 2. The number of imidazole rings is 2. The summed E-state index contributed by atoms with van der Waals surface area (Å²) in [5, 5.41) is 9.60. The Hall–Kier alpha value is -4.23. The standard InChI is InChI=1S/C33H30N4O2.BrH/c1-4-9-30-35-31-21(2)18-24(32-34-27-12-7-8-13-28(27)36(32)3)19-29(31)37(30)20-22-14-16-23(17-15-22)25-10-5-6-11-26(25)33(38)39;/h5-8,10-19H,4,9,20H2,1-3H3,(H,38,39);1H. The molecule has 0 aliphatic carbocycles. The molecule has 2 aromatic heterocycles. The number of carboxylic acid groups (broad SMARTS) is 1. The van der Waals surface area contributed by atoms with Gasteiger partial charge in [-0.2, -0.15) is 0 Å². The van der Waals surface area contributed by atoms with Gasteiger partial charge < -0.3 is 14.2 Å². The molecule has 0 amide bonds.